The SMILES string of the molecule is CC(=O)NC(C)(C)c1ccc(Oc2nc3nc(-c4ccc(-c5ccncc5)cc4)c(Cl)cc3[nH]2)cn1. The van der Waals surface area contributed by atoms with E-state index in [1.807, 2.05) is 50.2 Å². The normalized spacial score (nSPS) is 11.4. The van der Waals surface area contributed by atoms with Crippen LogP contribution in [0.2, 0.25) is 5.02 Å². The van der Waals surface area contributed by atoms with Crippen molar-refractivity contribution in [3.05, 3.63) is 83.9 Å². The van der Waals surface area contributed by atoms with Gasteiger partial charge in [0.2, 0.25) is 5.91 Å². The number of fused-ring (bicyclic) bond motifs is 1. The predicted octanol–water partition coefficient (Wildman–Crippen LogP) is 5.90. The quantitative estimate of drug-likeness (QED) is 0.302. The van der Waals surface area contributed by atoms with Gasteiger partial charge in [-0.25, -0.2) is 4.98 Å². The van der Waals surface area contributed by atoms with Crippen molar-refractivity contribution in [2.45, 2.75) is 26.3 Å². The van der Waals surface area contributed by atoms with E-state index in [1.54, 1.807) is 36.8 Å². The number of hydrogen-bond acceptors (Lipinski definition) is 6. The predicted molar refractivity (Wildman–Crippen MR) is 139 cm³/mol. The van der Waals surface area contributed by atoms with Crippen LogP contribution in [0.4, 0.5) is 0 Å². The van der Waals surface area contributed by atoms with Crippen molar-refractivity contribution in [2.75, 3.05) is 0 Å². The van der Waals surface area contributed by atoms with Gasteiger partial charge in [0.15, 0.2) is 5.65 Å². The lowest BCUT2D eigenvalue weighted by molar-refractivity contribution is -0.120. The van der Waals surface area contributed by atoms with E-state index in [-0.39, 0.29) is 11.9 Å². The van der Waals surface area contributed by atoms with Gasteiger partial charge in [0.05, 0.1) is 33.7 Å². The first-order valence-electron chi connectivity index (χ1n) is 11.3. The summed E-state index contributed by atoms with van der Waals surface area (Å²) in [7, 11) is 0. The summed E-state index contributed by atoms with van der Waals surface area (Å²) in [5.74, 6) is 0.370. The van der Waals surface area contributed by atoms with Crippen molar-refractivity contribution < 1.29 is 9.53 Å². The van der Waals surface area contributed by atoms with Gasteiger partial charge in [-0.2, -0.15) is 4.98 Å². The lowest BCUT2D eigenvalue weighted by Gasteiger charge is -2.24. The second-order valence-corrected chi connectivity index (χ2v) is 9.24. The molecular weight excluding hydrogens is 476 g/mol. The monoisotopic (exact) mass is 498 g/mol. The molecule has 1 amide bonds. The standard InChI is InChI=1S/C27H23ClN6O2/c1-16(35)34-27(2,3)23-9-8-20(15-30-23)36-26-31-22-14-21(28)24(32-25(22)33-26)19-6-4-17(5-7-19)18-10-12-29-13-11-18/h4-15H,1-3H3,(H,34,35)(H,31,32,33). The summed E-state index contributed by atoms with van der Waals surface area (Å²) in [6.45, 7) is 5.25. The Morgan fingerprint density at radius 2 is 1.67 bits per heavy atom. The summed E-state index contributed by atoms with van der Waals surface area (Å²) >= 11 is 6.56. The zero-order chi connectivity index (χ0) is 25.3. The van der Waals surface area contributed by atoms with Crippen LogP contribution in [0.5, 0.6) is 11.8 Å². The minimum absolute atomic E-state index is 0.125. The van der Waals surface area contributed by atoms with Gasteiger partial charge in [-0.3, -0.25) is 14.8 Å². The van der Waals surface area contributed by atoms with Gasteiger partial charge in [-0.1, -0.05) is 35.9 Å². The summed E-state index contributed by atoms with van der Waals surface area (Å²) in [5, 5.41) is 3.37. The zero-order valence-electron chi connectivity index (χ0n) is 19.9. The molecule has 5 aromatic rings. The van der Waals surface area contributed by atoms with Crippen molar-refractivity contribution >= 4 is 28.7 Å². The number of carbonyl (C=O) groups is 1. The molecule has 0 unspecified atom stereocenters. The van der Waals surface area contributed by atoms with E-state index in [0.717, 1.165) is 16.7 Å². The fraction of sp³-hybridized carbons (Fsp3) is 0.148. The summed E-state index contributed by atoms with van der Waals surface area (Å²) in [6, 6.07) is 17.6. The highest BCUT2D eigenvalue weighted by Gasteiger charge is 2.23. The molecule has 36 heavy (non-hydrogen) atoms. The number of imidazole rings is 1. The summed E-state index contributed by atoms with van der Waals surface area (Å²) in [5.41, 5.74) is 4.93. The van der Waals surface area contributed by atoms with E-state index < -0.39 is 5.54 Å². The number of amides is 1. The molecule has 2 N–H and O–H groups in total. The maximum atomic E-state index is 11.4. The Kier molecular flexibility index (Phi) is 6.12. The number of nitrogens with zero attached hydrogens (tertiary/aromatic N) is 4. The molecule has 5 rings (SSSR count). The Bertz CT molecular complexity index is 1530. The number of hydrogen-bond donors (Lipinski definition) is 2. The molecule has 0 radical (unpaired) electrons. The molecule has 8 nitrogen and oxygen atoms in total. The Balaban J connectivity index is 1.37. The highest BCUT2D eigenvalue weighted by atomic mass is 35.5. The second kappa shape index (κ2) is 9.39. The molecule has 1 aromatic carbocycles. The van der Waals surface area contributed by atoms with E-state index in [1.165, 1.54) is 6.92 Å². The van der Waals surface area contributed by atoms with E-state index in [2.05, 4.69) is 30.2 Å². The molecule has 0 spiro atoms. The van der Waals surface area contributed by atoms with Crippen molar-refractivity contribution in [2.24, 2.45) is 0 Å². The lowest BCUT2D eigenvalue weighted by atomic mass is 10.00. The van der Waals surface area contributed by atoms with Crippen LogP contribution in [0.25, 0.3) is 33.5 Å². The number of pyridine rings is 3. The molecule has 9 heteroatoms. The van der Waals surface area contributed by atoms with Crippen molar-refractivity contribution in [1.82, 2.24) is 30.2 Å². The van der Waals surface area contributed by atoms with E-state index in [9.17, 15) is 4.79 Å². The van der Waals surface area contributed by atoms with Crippen molar-refractivity contribution in [1.29, 1.82) is 0 Å². The average Bonchev–Trinajstić information content (AvgIpc) is 3.24. The Morgan fingerprint density at radius 1 is 0.972 bits per heavy atom. The highest BCUT2D eigenvalue weighted by molar-refractivity contribution is 6.33. The van der Waals surface area contributed by atoms with Gasteiger partial charge in [-0.15, -0.1) is 0 Å². The molecule has 4 aromatic heterocycles. The molecule has 0 fully saturated rings. The first kappa shape index (κ1) is 23.4. The fourth-order valence-electron chi connectivity index (χ4n) is 3.94. The van der Waals surface area contributed by atoms with Gasteiger partial charge in [0.25, 0.3) is 0 Å². The molecule has 180 valence electrons. The third-order valence-corrected chi connectivity index (χ3v) is 5.94. The summed E-state index contributed by atoms with van der Waals surface area (Å²) < 4.78 is 5.86. The number of halogens is 1. The third kappa shape index (κ3) is 4.89. The maximum absolute atomic E-state index is 11.4. The number of nitrogens with one attached hydrogen (secondary N) is 2. The largest absolute Gasteiger partial charge is 0.424 e. The van der Waals surface area contributed by atoms with Gasteiger partial charge in [0.1, 0.15) is 5.75 Å². The highest BCUT2D eigenvalue weighted by Crippen LogP contribution is 2.32. The topological polar surface area (TPSA) is 106 Å². The lowest BCUT2D eigenvalue weighted by Crippen LogP contribution is -2.40. The fourth-order valence-corrected chi connectivity index (χ4v) is 4.20. The minimum atomic E-state index is -0.600. The number of ether oxygens (including phenoxy) is 1. The molecule has 0 aliphatic rings. The maximum Gasteiger partial charge on any atom is 0.301 e. The van der Waals surface area contributed by atoms with Gasteiger partial charge < -0.3 is 15.0 Å². The van der Waals surface area contributed by atoms with Crippen LogP contribution in [-0.2, 0) is 10.3 Å². The zero-order valence-corrected chi connectivity index (χ0v) is 20.7. The van der Waals surface area contributed by atoms with Crippen LogP contribution < -0.4 is 10.1 Å². The molecular formula is C27H23ClN6O2. The number of benzene rings is 1. The Hall–Kier alpha value is -4.30. The molecule has 0 saturated heterocycles. The molecule has 0 aliphatic heterocycles. The number of H-pyrrole nitrogens is 1. The number of aromatic nitrogens is 5. The smallest absolute Gasteiger partial charge is 0.301 e. The second-order valence-electron chi connectivity index (χ2n) is 8.83. The van der Waals surface area contributed by atoms with E-state index >= 15 is 0 Å². The number of aromatic amines is 1. The Morgan fingerprint density at radius 3 is 2.33 bits per heavy atom. The van der Waals surface area contributed by atoms with Gasteiger partial charge >= 0.3 is 6.01 Å². The Labute approximate surface area is 212 Å². The van der Waals surface area contributed by atoms with Crippen molar-refractivity contribution in [3.63, 3.8) is 0 Å². The molecule has 0 aliphatic carbocycles. The summed E-state index contributed by atoms with van der Waals surface area (Å²) in [4.78, 5) is 32.2. The van der Waals surface area contributed by atoms with Crippen LogP contribution in [-0.4, -0.2) is 30.8 Å². The molecule has 0 atom stereocenters. The van der Waals surface area contributed by atoms with Gasteiger partial charge in [0, 0.05) is 24.9 Å². The first-order valence-corrected chi connectivity index (χ1v) is 11.7. The van der Waals surface area contributed by atoms with Crippen molar-refractivity contribution in [3.8, 4) is 34.1 Å². The van der Waals surface area contributed by atoms with Crippen LogP contribution in [0, 0.1) is 0 Å². The van der Waals surface area contributed by atoms with Crippen LogP contribution >= 0.6 is 11.6 Å². The van der Waals surface area contributed by atoms with Crippen LogP contribution in [0.3, 0.4) is 0 Å². The van der Waals surface area contributed by atoms with Crippen LogP contribution in [0.1, 0.15) is 26.5 Å². The van der Waals surface area contributed by atoms with E-state index in [0.29, 0.717) is 33.3 Å². The van der Waals surface area contributed by atoms with E-state index in [4.69, 9.17) is 16.3 Å². The number of carbonyl (C=O) groups excluding carboxylic acids is 1. The third-order valence-electron chi connectivity index (χ3n) is 5.66. The summed E-state index contributed by atoms with van der Waals surface area (Å²) in [6.07, 6.45) is 5.12. The number of rotatable bonds is 6. The average molecular weight is 499 g/mol. The molecule has 4 heterocycles. The van der Waals surface area contributed by atoms with Gasteiger partial charge in [-0.05, 0) is 55.3 Å². The molecule has 0 bridgehead atoms. The van der Waals surface area contributed by atoms with Crippen LogP contribution in [0.15, 0.2) is 73.2 Å². The first-order chi connectivity index (χ1) is 17.3. The molecule has 0 saturated carbocycles. The minimum Gasteiger partial charge on any atom is -0.424 e.